The predicted octanol–water partition coefficient (Wildman–Crippen LogP) is 1.25. The van der Waals surface area contributed by atoms with E-state index in [2.05, 4.69) is 11.2 Å². The van der Waals surface area contributed by atoms with Crippen molar-refractivity contribution in [3.05, 3.63) is 0 Å². The molecule has 1 saturated carbocycles. The molecule has 80 valence electrons. The van der Waals surface area contributed by atoms with E-state index >= 15 is 0 Å². The van der Waals surface area contributed by atoms with Crippen molar-refractivity contribution >= 4 is 11.8 Å². The van der Waals surface area contributed by atoms with Crippen molar-refractivity contribution in [1.29, 1.82) is 0 Å². The fourth-order valence-corrected chi connectivity index (χ4v) is 2.32. The number of rotatable bonds is 5. The molecule has 1 rings (SSSR count). The van der Waals surface area contributed by atoms with Crippen molar-refractivity contribution < 1.29 is 5.11 Å². The molecule has 2 N–H and O–H groups in total. The molecule has 0 aromatic rings. The first-order chi connectivity index (χ1) is 6.84. The highest BCUT2D eigenvalue weighted by molar-refractivity contribution is 7.99. The third kappa shape index (κ3) is 4.36. The summed E-state index contributed by atoms with van der Waals surface area (Å²) in [6.45, 7) is 0.952. The fourth-order valence-electron chi connectivity index (χ4n) is 1.80. The first kappa shape index (κ1) is 11.9. The van der Waals surface area contributed by atoms with Crippen LogP contribution in [0.25, 0.3) is 0 Å². The molecule has 14 heavy (non-hydrogen) atoms. The van der Waals surface area contributed by atoms with Crippen LogP contribution in [-0.4, -0.2) is 35.3 Å². The maximum atomic E-state index is 9.67. The number of aliphatic hydroxyl groups is 1. The lowest BCUT2D eigenvalue weighted by Gasteiger charge is -2.28. The summed E-state index contributed by atoms with van der Waals surface area (Å²) in [4.78, 5) is 0. The van der Waals surface area contributed by atoms with Gasteiger partial charge in [0.2, 0.25) is 0 Å². The van der Waals surface area contributed by atoms with E-state index in [1.54, 1.807) is 11.8 Å². The Morgan fingerprint density at radius 2 is 2.21 bits per heavy atom. The molecular weight excluding hydrogens is 194 g/mol. The van der Waals surface area contributed by atoms with E-state index in [9.17, 15) is 5.11 Å². The highest BCUT2D eigenvalue weighted by atomic mass is 32.2. The molecule has 0 bridgehead atoms. The summed E-state index contributed by atoms with van der Waals surface area (Å²) < 4.78 is 0. The van der Waals surface area contributed by atoms with E-state index in [1.165, 1.54) is 12.8 Å². The van der Waals surface area contributed by atoms with E-state index in [0.29, 0.717) is 6.04 Å². The Bertz CT molecular complexity index is 190. The molecule has 0 radical (unpaired) electrons. The molecule has 0 spiro atoms. The Morgan fingerprint density at radius 1 is 1.43 bits per heavy atom. The molecule has 0 aliphatic heterocycles. The first-order valence-corrected chi connectivity index (χ1v) is 6.42. The van der Waals surface area contributed by atoms with E-state index < -0.39 is 0 Å². The molecule has 0 aromatic heterocycles. The summed E-state index contributed by atoms with van der Waals surface area (Å²) in [6.07, 6.45) is 9.49. The van der Waals surface area contributed by atoms with Gasteiger partial charge in [-0.15, -0.1) is 18.2 Å². The highest BCUT2D eigenvalue weighted by Crippen LogP contribution is 2.18. The van der Waals surface area contributed by atoms with Crippen LogP contribution in [0.3, 0.4) is 0 Å². The van der Waals surface area contributed by atoms with Gasteiger partial charge in [-0.25, -0.2) is 0 Å². The Kier molecular flexibility index (Phi) is 6.09. The van der Waals surface area contributed by atoms with Crippen molar-refractivity contribution in [3.8, 4) is 12.3 Å². The summed E-state index contributed by atoms with van der Waals surface area (Å²) in [5, 5.41) is 13.1. The average Bonchev–Trinajstić information content (AvgIpc) is 2.20. The standard InChI is InChI=1S/C11H19NOS/c1-2-8-14-9-7-12-10-5-3-4-6-11(10)13/h1,10-13H,3-9H2. The zero-order chi connectivity index (χ0) is 10.2. The van der Waals surface area contributed by atoms with E-state index in [1.807, 2.05) is 0 Å². The molecule has 1 aliphatic carbocycles. The van der Waals surface area contributed by atoms with Crippen LogP contribution in [-0.2, 0) is 0 Å². The van der Waals surface area contributed by atoms with E-state index in [-0.39, 0.29) is 6.10 Å². The normalized spacial score (nSPS) is 27.1. The van der Waals surface area contributed by atoms with Crippen LogP contribution in [0.15, 0.2) is 0 Å². The Hall–Kier alpha value is -0.170. The van der Waals surface area contributed by atoms with Gasteiger partial charge in [0.1, 0.15) is 0 Å². The Labute approximate surface area is 90.8 Å². The average molecular weight is 213 g/mol. The van der Waals surface area contributed by atoms with Gasteiger partial charge in [-0.2, -0.15) is 0 Å². The van der Waals surface area contributed by atoms with Crippen molar-refractivity contribution in [2.45, 2.75) is 37.8 Å². The van der Waals surface area contributed by atoms with E-state index in [4.69, 9.17) is 6.42 Å². The van der Waals surface area contributed by atoms with Gasteiger partial charge >= 0.3 is 0 Å². The lowest BCUT2D eigenvalue weighted by atomic mass is 9.93. The summed E-state index contributed by atoms with van der Waals surface area (Å²) in [7, 11) is 0. The topological polar surface area (TPSA) is 32.3 Å². The molecule has 0 heterocycles. The van der Waals surface area contributed by atoms with Crippen molar-refractivity contribution in [2.24, 2.45) is 0 Å². The van der Waals surface area contributed by atoms with Gasteiger partial charge in [-0.05, 0) is 12.8 Å². The molecule has 0 saturated heterocycles. The van der Waals surface area contributed by atoms with Gasteiger partial charge in [0.15, 0.2) is 0 Å². The Balaban J connectivity index is 2.02. The maximum Gasteiger partial charge on any atom is 0.0693 e. The second kappa shape index (κ2) is 7.17. The van der Waals surface area contributed by atoms with Crippen LogP contribution in [0.1, 0.15) is 25.7 Å². The lowest BCUT2D eigenvalue weighted by molar-refractivity contribution is 0.0921. The molecule has 2 unspecified atom stereocenters. The number of hydrogen-bond donors (Lipinski definition) is 2. The van der Waals surface area contributed by atoms with Crippen molar-refractivity contribution in [2.75, 3.05) is 18.1 Å². The number of terminal acetylenes is 1. The minimum Gasteiger partial charge on any atom is -0.392 e. The van der Waals surface area contributed by atoms with Crippen LogP contribution in [0.4, 0.5) is 0 Å². The molecule has 2 nitrogen and oxygen atoms in total. The lowest BCUT2D eigenvalue weighted by Crippen LogP contribution is -2.42. The van der Waals surface area contributed by atoms with Gasteiger partial charge in [0, 0.05) is 18.3 Å². The molecule has 0 aromatic carbocycles. The number of nitrogens with one attached hydrogen (secondary N) is 1. The largest absolute Gasteiger partial charge is 0.392 e. The van der Waals surface area contributed by atoms with Gasteiger partial charge in [-0.1, -0.05) is 18.8 Å². The van der Waals surface area contributed by atoms with Crippen molar-refractivity contribution in [3.63, 3.8) is 0 Å². The monoisotopic (exact) mass is 213 g/mol. The minimum absolute atomic E-state index is 0.138. The van der Waals surface area contributed by atoms with Gasteiger partial charge in [-0.3, -0.25) is 0 Å². The molecular formula is C11H19NOS. The molecule has 0 amide bonds. The fraction of sp³-hybridized carbons (Fsp3) is 0.818. The minimum atomic E-state index is -0.138. The molecule has 2 atom stereocenters. The van der Waals surface area contributed by atoms with E-state index in [0.717, 1.165) is 30.9 Å². The van der Waals surface area contributed by atoms with Gasteiger partial charge in [0.05, 0.1) is 11.9 Å². The third-order valence-corrected chi connectivity index (χ3v) is 3.43. The van der Waals surface area contributed by atoms with Crippen LogP contribution in [0, 0.1) is 12.3 Å². The number of hydrogen-bond acceptors (Lipinski definition) is 3. The van der Waals surface area contributed by atoms with Gasteiger partial charge < -0.3 is 10.4 Å². The second-order valence-electron chi connectivity index (χ2n) is 3.67. The first-order valence-electron chi connectivity index (χ1n) is 5.27. The van der Waals surface area contributed by atoms with Crippen LogP contribution in [0.5, 0.6) is 0 Å². The summed E-state index contributed by atoms with van der Waals surface area (Å²) in [6, 6.07) is 0.315. The SMILES string of the molecule is C#CCSCCNC1CCCCC1O. The third-order valence-electron chi connectivity index (χ3n) is 2.57. The quantitative estimate of drug-likeness (QED) is 0.532. The van der Waals surface area contributed by atoms with Crippen molar-refractivity contribution in [1.82, 2.24) is 5.32 Å². The molecule has 1 fully saturated rings. The van der Waals surface area contributed by atoms with Crippen LogP contribution < -0.4 is 5.32 Å². The Morgan fingerprint density at radius 3 is 2.93 bits per heavy atom. The second-order valence-corrected chi connectivity index (χ2v) is 4.77. The van der Waals surface area contributed by atoms with Crippen LogP contribution in [0.2, 0.25) is 0 Å². The predicted molar refractivity (Wildman–Crippen MR) is 62.4 cm³/mol. The smallest absolute Gasteiger partial charge is 0.0693 e. The number of thioether (sulfide) groups is 1. The summed E-state index contributed by atoms with van der Waals surface area (Å²) in [5.41, 5.74) is 0. The zero-order valence-electron chi connectivity index (χ0n) is 8.54. The zero-order valence-corrected chi connectivity index (χ0v) is 9.35. The highest BCUT2D eigenvalue weighted by Gasteiger charge is 2.21. The maximum absolute atomic E-state index is 9.67. The molecule has 1 aliphatic rings. The summed E-state index contributed by atoms with van der Waals surface area (Å²) in [5.74, 6) is 4.42. The number of aliphatic hydroxyl groups excluding tert-OH is 1. The van der Waals surface area contributed by atoms with Gasteiger partial charge in [0.25, 0.3) is 0 Å². The summed E-state index contributed by atoms with van der Waals surface area (Å²) >= 11 is 1.76. The molecule has 3 heteroatoms. The van der Waals surface area contributed by atoms with Crippen LogP contribution >= 0.6 is 11.8 Å².